The van der Waals surface area contributed by atoms with E-state index in [0.29, 0.717) is 12.1 Å². The number of hydrogen-bond donors (Lipinski definition) is 1. The van der Waals surface area contributed by atoms with Crippen LogP contribution in [-0.2, 0) is 0 Å². The lowest BCUT2D eigenvalue weighted by Crippen LogP contribution is -2.49. The third-order valence-corrected chi connectivity index (χ3v) is 4.91. The van der Waals surface area contributed by atoms with Gasteiger partial charge in [-0.2, -0.15) is 0 Å². The van der Waals surface area contributed by atoms with Crippen LogP contribution in [0.25, 0.3) is 0 Å². The summed E-state index contributed by atoms with van der Waals surface area (Å²) >= 11 is 0. The average molecular weight is 274 g/mol. The first-order chi connectivity index (χ1) is 9.54. The van der Waals surface area contributed by atoms with Gasteiger partial charge in [-0.1, -0.05) is 38.1 Å². The van der Waals surface area contributed by atoms with Gasteiger partial charge in [-0.25, -0.2) is 0 Å². The molecule has 0 radical (unpaired) electrons. The smallest absolute Gasteiger partial charge is 0.0504 e. The molecule has 0 aromatic heterocycles. The molecule has 2 rings (SSSR count). The van der Waals surface area contributed by atoms with E-state index in [4.69, 9.17) is 5.73 Å². The Kier molecular flexibility index (Phi) is 5.22. The normalized spacial score (nSPS) is 27.2. The summed E-state index contributed by atoms with van der Waals surface area (Å²) < 4.78 is 0. The Morgan fingerprint density at radius 1 is 1.25 bits per heavy atom. The molecule has 1 aliphatic heterocycles. The van der Waals surface area contributed by atoms with Crippen LogP contribution < -0.4 is 5.73 Å². The van der Waals surface area contributed by atoms with E-state index >= 15 is 0 Å². The maximum atomic E-state index is 6.51. The summed E-state index contributed by atoms with van der Waals surface area (Å²) in [4.78, 5) is 2.66. The Morgan fingerprint density at radius 2 is 1.95 bits per heavy atom. The summed E-state index contributed by atoms with van der Waals surface area (Å²) in [7, 11) is 0. The molecule has 0 spiro atoms. The van der Waals surface area contributed by atoms with Crippen molar-refractivity contribution in [2.45, 2.75) is 65.1 Å². The molecule has 1 fully saturated rings. The third kappa shape index (κ3) is 3.24. The maximum Gasteiger partial charge on any atom is 0.0504 e. The highest BCUT2D eigenvalue weighted by atomic mass is 15.2. The first-order valence-electron chi connectivity index (χ1n) is 8.11. The highest BCUT2D eigenvalue weighted by Gasteiger charge is 2.33. The molecule has 20 heavy (non-hydrogen) atoms. The Morgan fingerprint density at radius 3 is 2.60 bits per heavy atom. The monoisotopic (exact) mass is 274 g/mol. The fraction of sp³-hybridized carbons (Fsp3) is 0.667. The van der Waals surface area contributed by atoms with E-state index in [1.807, 2.05) is 0 Å². The first kappa shape index (κ1) is 15.5. The minimum Gasteiger partial charge on any atom is -0.326 e. The van der Waals surface area contributed by atoms with Gasteiger partial charge in [-0.15, -0.1) is 0 Å². The van der Waals surface area contributed by atoms with Crippen LogP contribution in [0.3, 0.4) is 0 Å². The van der Waals surface area contributed by atoms with E-state index in [1.54, 1.807) is 0 Å². The number of likely N-dealkylation sites (tertiary alicyclic amines) is 1. The quantitative estimate of drug-likeness (QED) is 0.902. The van der Waals surface area contributed by atoms with Crippen LogP contribution in [0.4, 0.5) is 0 Å². The molecule has 1 heterocycles. The van der Waals surface area contributed by atoms with E-state index in [0.717, 1.165) is 12.3 Å². The molecule has 2 nitrogen and oxygen atoms in total. The molecule has 1 saturated heterocycles. The van der Waals surface area contributed by atoms with Crippen molar-refractivity contribution < 1.29 is 0 Å². The van der Waals surface area contributed by atoms with Gasteiger partial charge < -0.3 is 5.73 Å². The second-order valence-corrected chi connectivity index (χ2v) is 6.60. The predicted molar refractivity (Wildman–Crippen MR) is 86.8 cm³/mol. The number of nitrogens with two attached hydrogens (primary N) is 1. The van der Waals surface area contributed by atoms with Gasteiger partial charge in [0.05, 0.1) is 6.04 Å². The fourth-order valence-corrected chi connectivity index (χ4v) is 3.51. The molecule has 0 saturated carbocycles. The third-order valence-electron chi connectivity index (χ3n) is 4.91. The largest absolute Gasteiger partial charge is 0.326 e. The van der Waals surface area contributed by atoms with Gasteiger partial charge in [0, 0.05) is 18.6 Å². The minimum atomic E-state index is 0.212. The van der Waals surface area contributed by atoms with Gasteiger partial charge in [-0.3, -0.25) is 4.90 Å². The summed E-state index contributed by atoms with van der Waals surface area (Å²) in [6.45, 7) is 10.3. The molecule has 1 aliphatic rings. The van der Waals surface area contributed by atoms with Crippen LogP contribution in [0.5, 0.6) is 0 Å². The second kappa shape index (κ2) is 6.73. The molecular formula is C18H30N2. The van der Waals surface area contributed by atoms with Gasteiger partial charge in [0.1, 0.15) is 0 Å². The van der Waals surface area contributed by atoms with Gasteiger partial charge >= 0.3 is 0 Å². The zero-order chi connectivity index (χ0) is 14.7. The summed E-state index contributed by atoms with van der Waals surface area (Å²) in [5.74, 6) is 0.779. The van der Waals surface area contributed by atoms with Crippen molar-refractivity contribution in [1.29, 1.82) is 0 Å². The number of piperidine rings is 1. The van der Waals surface area contributed by atoms with Crippen molar-refractivity contribution >= 4 is 0 Å². The van der Waals surface area contributed by atoms with Crippen molar-refractivity contribution in [1.82, 2.24) is 4.90 Å². The standard InChI is InChI=1S/C18H30N2/c1-5-17(19)18(16-9-7-6-8-14(16)3)20-12-13(2)10-11-15(20)4/h6-9,13,15,17-18H,5,10-12,19H2,1-4H3. The highest BCUT2D eigenvalue weighted by Crippen LogP contribution is 2.34. The molecule has 2 N–H and O–H groups in total. The van der Waals surface area contributed by atoms with Gasteiger partial charge in [-0.05, 0) is 50.2 Å². The zero-order valence-corrected chi connectivity index (χ0v) is 13.5. The van der Waals surface area contributed by atoms with Crippen LogP contribution in [0.15, 0.2) is 24.3 Å². The van der Waals surface area contributed by atoms with Crippen LogP contribution in [0.1, 0.15) is 57.2 Å². The number of aryl methyl sites for hydroxylation is 1. The first-order valence-corrected chi connectivity index (χ1v) is 8.11. The summed E-state index contributed by atoms with van der Waals surface area (Å²) in [5, 5.41) is 0. The summed E-state index contributed by atoms with van der Waals surface area (Å²) in [6, 6.07) is 9.95. The molecule has 4 atom stereocenters. The SMILES string of the molecule is CCC(N)C(c1ccccc1C)N1CC(C)CCC1C. The number of hydrogen-bond acceptors (Lipinski definition) is 2. The molecule has 0 bridgehead atoms. The van der Waals surface area contributed by atoms with Gasteiger partial charge in [0.15, 0.2) is 0 Å². The van der Waals surface area contributed by atoms with Crippen molar-refractivity contribution in [3.63, 3.8) is 0 Å². The van der Waals surface area contributed by atoms with Gasteiger partial charge in [0.25, 0.3) is 0 Å². The van der Waals surface area contributed by atoms with Crippen LogP contribution in [0, 0.1) is 12.8 Å². The molecular weight excluding hydrogens is 244 g/mol. The Hall–Kier alpha value is -0.860. The molecule has 112 valence electrons. The Bertz CT molecular complexity index is 429. The molecule has 0 amide bonds. The summed E-state index contributed by atoms with van der Waals surface area (Å²) in [6.07, 6.45) is 3.66. The Balaban J connectivity index is 2.35. The average Bonchev–Trinajstić information content (AvgIpc) is 2.44. The van der Waals surface area contributed by atoms with E-state index in [9.17, 15) is 0 Å². The fourth-order valence-electron chi connectivity index (χ4n) is 3.51. The predicted octanol–water partition coefficient (Wildman–Crippen LogP) is 3.89. The lowest BCUT2D eigenvalue weighted by Gasteiger charge is -2.44. The van der Waals surface area contributed by atoms with E-state index in [2.05, 4.69) is 56.9 Å². The van der Waals surface area contributed by atoms with Gasteiger partial charge in [0.2, 0.25) is 0 Å². The van der Waals surface area contributed by atoms with E-state index in [-0.39, 0.29) is 6.04 Å². The minimum absolute atomic E-state index is 0.212. The Labute approximate surface area is 124 Å². The lowest BCUT2D eigenvalue weighted by atomic mass is 9.87. The highest BCUT2D eigenvalue weighted by molar-refractivity contribution is 5.30. The molecule has 4 unspecified atom stereocenters. The van der Waals surface area contributed by atoms with Crippen molar-refractivity contribution in [3.8, 4) is 0 Å². The molecule has 1 aromatic rings. The molecule has 2 heteroatoms. The maximum absolute atomic E-state index is 6.51. The zero-order valence-electron chi connectivity index (χ0n) is 13.5. The topological polar surface area (TPSA) is 29.3 Å². The summed E-state index contributed by atoms with van der Waals surface area (Å²) in [5.41, 5.74) is 9.30. The lowest BCUT2D eigenvalue weighted by molar-refractivity contribution is 0.0622. The van der Waals surface area contributed by atoms with Crippen LogP contribution in [-0.4, -0.2) is 23.5 Å². The van der Waals surface area contributed by atoms with E-state index in [1.165, 1.54) is 30.5 Å². The molecule has 1 aromatic carbocycles. The van der Waals surface area contributed by atoms with Crippen LogP contribution >= 0.6 is 0 Å². The van der Waals surface area contributed by atoms with Crippen molar-refractivity contribution in [3.05, 3.63) is 35.4 Å². The second-order valence-electron chi connectivity index (χ2n) is 6.60. The molecule has 0 aliphatic carbocycles. The van der Waals surface area contributed by atoms with E-state index < -0.39 is 0 Å². The van der Waals surface area contributed by atoms with Crippen molar-refractivity contribution in [2.24, 2.45) is 11.7 Å². The number of nitrogens with zero attached hydrogens (tertiary/aromatic N) is 1. The number of benzene rings is 1. The van der Waals surface area contributed by atoms with Crippen molar-refractivity contribution in [2.75, 3.05) is 6.54 Å². The number of rotatable bonds is 4. The van der Waals surface area contributed by atoms with Crippen LogP contribution in [0.2, 0.25) is 0 Å².